The van der Waals surface area contributed by atoms with Gasteiger partial charge in [-0.2, -0.15) is 0 Å². The van der Waals surface area contributed by atoms with Crippen molar-refractivity contribution in [1.29, 1.82) is 0 Å². The zero-order valence-electron chi connectivity index (χ0n) is 13.8. The molecule has 0 heterocycles. The zero-order valence-corrected chi connectivity index (χ0v) is 13.8. The summed E-state index contributed by atoms with van der Waals surface area (Å²) >= 11 is 0. The van der Waals surface area contributed by atoms with Crippen molar-refractivity contribution in [2.24, 2.45) is 0 Å². The fourth-order valence-electron chi connectivity index (χ4n) is 2.36. The molecule has 5 nitrogen and oxygen atoms in total. The Kier molecular flexibility index (Phi) is 5.95. The molecule has 0 radical (unpaired) electrons. The highest BCUT2D eigenvalue weighted by molar-refractivity contribution is 5.79. The van der Waals surface area contributed by atoms with Gasteiger partial charge in [-0.25, -0.2) is 4.79 Å². The minimum Gasteiger partial charge on any atom is -0.482 e. The van der Waals surface area contributed by atoms with Crippen LogP contribution in [0.15, 0.2) is 48.5 Å². The summed E-state index contributed by atoms with van der Waals surface area (Å²) in [5, 5.41) is 11.6. The van der Waals surface area contributed by atoms with Crippen molar-refractivity contribution in [3.63, 3.8) is 0 Å². The fraction of sp³-hybridized carbons (Fsp3) is 0.263. The van der Waals surface area contributed by atoms with E-state index in [1.165, 1.54) is 0 Å². The van der Waals surface area contributed by atoms with Gasteiger partial charge >= 0.3 is 5.97 Å². The summed E-state index contributed by atoms with van der Waals surface area (Å²) in [4.78, 5) is 22.7. The van der Waals surface area contributed by atoms with Crippen LogP contribution in [0.4, 0.5) is 0 Å². The van der Waals surface area contributed by atoms with Gasteiger partial charge in [0.05, 0.1) is 12.5 Å². The maximum absolute atomic E-state index is 12.2. The highest BCUT2D eigenvalue weighted by Gasteiger charge is 2.11. The summed E-state index contributed by atoms with van der Waals surface area (Å²) in [5.41, 5.74) is 3.04. The molecular weight excluding hydrogens is 306 g/mol. The smallest absolute Gasteiger partial charge is 0.341 e. The van der Waals surface area contributed by atoms with Gasteiger partial charge < -0.3 is 15.2 Å². The Balaban J connectivity index is 1.91. The minimum atomic E-state index is -1.02. The molecule has 0 bridgehead atoms. The van der Waals surface area contributed by atoms with Gasteiger partial charge in [-0.3, -0.25) is 4.79 Å². The molecule has 0 aliphatic rings. The third kappa shape index (κ3) is 5.12. The van der Waals surface area contributed by atoms with E-state index < -0.39 is 5.97 Å². The third-order valence-electron chi connectivity index (χ3n) is 3.73. The molecule has 0 aliphatic carbocycles. The lowest BCUT2D eigenvalue weighted by molar-refractivity contribution is -0.139. The Hall–Kier alpha value is -2.82. The topological polar surface area (TPSA) is 75.6 Å². The van der Waals surface area contributed by atoms with Gasteiger partial charge in [0.1, 0.15) is 5.75 Å². The van der Waals surface area contributed by atoms with Gasteiger partial charge in [0.15, 0.2) is 6.61 Å². The first-order chi connectivity index (χ1) is 11.5. The SMILES string of the molecule is Cc1ccccc1CC(=O)N[C@H](C)c1ccc(OCC(=O)O)cc1. The van der Waals surface area contributed by atoms with E-state index in [9.17, 15) is 9.59 Å². The summed E-state index contributed by atoms with van der Waals surface area (Å²) in [6, 6.07) is 14.7. The number of carboxylic acid groups (broad SMARTS) is 1. The molecule has 0 spiro atoms. The molecule has 0 unspecified atom stereocenters. The van der Waals surface area contributed by atoms with Gasteiger partial charge in [0, 0.05) is 0 Å². The van der Waals surface area contributed by atoms with Crippen LogP contribution in [0.2, 0.25) is 0 Å². The van der Waals surface area contributed by atoms with Crippen molar-refractivity contribution >= 4 is 11.9 Å². The van der Waals surface area contributed by atoms with E-state index in [1.54, 1.807) is 12.1 Å². The van der Waals surface area contributed by atoms with Crippen molar-refractivity contribution in [2.75, 3.05) is 6.61 Å². The van der Waals surface area contributed by atoms with E-state index in [1.807, 2.05) is 50.2 Å². The summed E-state index contributed by atoms with van der Waals surface area (Å²) in [6.45, 7) is 3.52. The molecule has 1 amide bonds. The number of benzene rings is 2. The number of ether oxygens (including phenoxy) is 1. The molecule has 1 atom stereocenters. The second-order valence-corrected chi connectivity index (χ2v) is 5.64. The van der Waals surface area contributed by atoms with Crippen LogP contribution < -0.4 is 10.1 Å². The Morgan fingerprint density at radius 2 is 1.79 bits per heavy atom. The molecule has 2 N–H and O–H groups in total. The van der Waals surface area contributed by atoms with Crippen LogP contribution in [0.3, 0.4) is 0 Å². The monoisotopic (exact) mass is 327 g/mol. The van der Waals surface area contributed by atoms with E-state index in [2.05, 4.69) is 5.32 Å². The first kappa shape index (κ1) is 17.5. The minimum absolute atomic E-state index is 0.0389. The molecule has 24 heavy (non-hydrogen) atoms. The van der Waals surface area contributed by atoms with Crippen LogP contribution in [0.5, 0.6) is 5.75 Å². The molecule has 0 aliphatic heterocycles. The van der Waals surface area contributed by atoms with Crippen LogP contribution in [0.1, 0.15) is 29.7 Å². The van der Waals surface area contributed by atoms with Crippen molar-refractivity contribution in [3.05, 3.63) is 65.2 Å². The lowest BCUT2D eigenvalue weighted by Gasteiger charge is -2.15. The molecule has 2 aromatic carbocycles. The summed E-state index contributed by atoms with van der Waals surface area (Å²) in [7, 11) is 0. The number of carboxylic acids is 1. The Labute approximate surface area is 141 Å². The number of amides is 1. The standard InChI is InChI=1S/C19H21NO4/c1-13-5-3-4-6-16(13)11-18(21)20-14(2)15-7-9-17(10-8-15)24-12-19(22)23/h3-10,14H,11-12H2,1-2H3,(H,20,21)(H,22,23)/t14-/m1/s1. The highest BCUT2D eigenvalue weighted by Crippen LogP contribution is 2.18. The summed E-state index contributed by atoms with van der Waals surface area (Å²) in [6.07, 6.45) is 0.344. The number of aryl methyl sites for hydroxylation is 1. The number of nitrogens with one attached hydrogen (secondary N) is 1. The lowest BCUT2D eigenvalue weighted by Crippen LogP contribution is -2.28. The van der Waals surface area contributed by atoms with E-state index in [0.29, 0.717) is 12.2 Å². The Morgan fingerprint density at radius 1 is 1.12 bits per heavy atom. The van der Waals surface area contributed by atoms with Gasteiger partial charge in [-0.15, -0.1) is 0 Å². The average molecular weight is 327 g/mol. The van der Waals surface area contributed by atoms with Crippen LogP contribution in [0.25, 0.3) is 0 Å². The van der Waals surface area contributed by atoms with E-state index in [-0.39, 0.29) is 18.6 Å². The highest BCUT2D eigenvalue weighted by atomic mass is 16.5. The van der Waals surface area contributed by atoms with Crippen molar-refractivity contribution in [2.45, 2.75) is 26.3 Å². The van der Waals surface area contributed by atoms with E-state index >= 15 is 0 Å². The first-order valence-corrected chi connectivity index (χ1v) is 7.74. The second kappa shape index (κ2) is 8.15. The molecule has 0 fully saturated rings. The van der Waals surface area contributed by atoms with E-state index in [4.69, 9.17) is 9.84 Å². The molecule has 0 saturated heterocycles. The Morgan fingerprint density at radius 3 is 2.42 bits per heavy atom. The number of carbonyl (C=O) groups is 2. The van der Waals surface area contributed by atoms with Gasteiger partial charge in [0.25, 0.3) is 0 Å². The van der Waals surface area contributed by atoms with Crippen LogP contribution in [-0.2, 0) is 16.0 Å². The Bertz CT molecular complexity index is 710. The van der Waals surface area contributed by atoms with Crippen LogP contribution in [0, 0.1) is 6.92 Å². The maximum atomic E-state index is 12.2. The number of hydrogen-bond acceptors (Lipinski definition) is 3. The molecule has 2 rings (SSSR count). The van der Waals surface area contributed by atoms with Crippen molar-refractivity contribution < 1.29 is 19.4 Å². The first-order valence-electron chi connectivity index (χ1n) is 7.74. The predicted octanol–water partition coefficient (Wildman–Crippen LogP) is 2.88. The molecule has 126 valence electrons. The number of carbonyl (C=O) groups excluding carboxylic acids is 1. The zero-order chi connectivity index (χ0) is 17.5. The van der Waals surface area contributed by atoms with E-state index in [0.717, 1.165) is 16.7 Å². The van der Waals surface area contributed by atoms with Crippen molar-refractivity contribution in [1.82, 2.24) is 5.32 Å². The lowest BCUT2D eigenvalue weighted by atomic mass is 10.0. The second-order valence-electron chi connectivity index (χ2n) is 5.64. The molecule has 0 aromatic heterocycles. The van der Waals surface area contributed by atoms with Crippen molar-refractivity contribution in [3.8, 4) is 5.75 Å². The number of aliphatic carboxylic acids is 1. The normalized spacial score (nSPS) is 11.6. The van der Waals surface area contributed by atoms with Crippen LogP contribution in [-0.4, -0.2) is 23.6 Å². The number of hydrogen-bond donors (Lipinski definition) is 2. The quantitative estimate of drug-likeness (QED) is 0.820. The molecular formula is C19H21NO4. The van der Waals surface area contributed by atoms with Gasteiger partial charge in [-0.05, 0) is 42.7 Å². The average Bonchev–Trinajstić information content (AvgIpc) is 2.55. The maximum Gasteiger partial charge on any atom is 0.341 e. The van der Waals surface area contributed by atoms with Gasteiger partial charge in [-0.1, -0.05) is 36.4 Å². The molecule has 0 saturated carbocycles. The number of rotatable bonds is 7. The fourth-order valence-corrected chi connectivity index (χ4v) is 2.36. The largest absolute Gasteiger partial charge is 0.482 e. The summed E-state index contributed by atoms with van der Waals surface area (Å²) < 4.78 is 5.09. The van der Waals surface area contributed by atoms with Gasteiger partial charge in [0.2, 0.25) is 5.91 Å². The molecule has 2 aromatic rings. The van der Waals surface area contributed by atoms with Crippen LogP contribution >= 0.6 is 0 Å². The predicted molar refractivity (Wildman–Crippen MR) is 91.0 cm³/mol. The summed E-state index contributed by atoms with van der Waals surface area (Å²) in [5.74, 6) is -0.571. The third-order valence-corrected chi connectivity index (χ3v) is 3.73. The molecule has 5 heteroatoms.